The number of piperidine rings is 1. The van der Waals surface area contributed by atoms with E-state index in [1.807, 2.05) is 0 Å². The van der Waals surface area contributed by atoms with Crippen LogP contribution in [0.25, 0.3) is 11.0 Å². The minimum Gasteiger partial charge on any atom is -0.480 e. The van der Waals surface area contributed by atoms with Crippen molar-refractivity contribution in [2.75, 3.05) is 6.54 Å². The van der Waals surface area contributed by atoms with Gasteiger partial charge in [-0.2, -0.15) is 13.1 Å². The molecule has 1 aromatic carbocycles. The van der Waals surface area contributed by atoms with Gasteiger partial charge < -0.3 is 5.11 Å². The van der Waals surface area contributed by atoms with Crippen molar-refractivity contribution in [1.29, 1.82) is 0 Å². The van der Waals surface area contributed by atoms with E-state index in [-0.39, 0.29) is 11.4 Å². The Bertz CT molecular complexity index is 787. The normalized spacial score (nSPS) is 20.7. The molecular formula is C12H13N3O4S2. The van der Waals surface area contributed by atoms with E-state index in [0.29, 0.717) is 30.3 Å². The summed E-state index contributed by atoms with van der Waals surface area (Å²) in [4.78, 5) is 11.4. The summed E-state index contributed by atoms with van der Waals surface area (Å²) >= 11 is 0.938. The van der Waals surface area contributed by atoms with Crippen LogP contribution in [0.5, 0.6) is 0 Å². The molecule has 0 radical (unpaired) electrons. The molecule has 1 N–H and O–H groups in total. The van der Waals surface area contributed by atoms with Gasteiger partial charge in [-0.05, 0) is 31.4 Å². The minimum absolute atomic E-state index is 0.0295. The highest BCUT2D eigenvalue weighted by atomic mass is 32.2. The zero-order chi connectivity index (χ0) is 15.0. The number of aromatic nitrogens is 2. The second-order valence-corrected chi connectivity index (χ2v) is 7.24. The molecule has 9 heteroatoms. The zero-order valence-electron chi connectivity index (χ0n) is 11.0. The van der Waals surface area contributed by atoms with Crippen molar-refractivity contribution in [3.05, 3.63) is 18.2 Å². The van der Waals surface area contributed by atoms with Crippen molar-refractivity contribution in [3.8, 4) is 0 Å². The first-order valence-electron chi connectivity index (χ1n) is 6.48. The van der Waals surface area contributed by atoms with E-state index < -0.39 is 22.0 Å². The highest BCUT2D eigenvalue weighted by Gasteiger charge is 2.38. The molecule has 1 atom stereocenters. The first-order chi connectivity index (χ1) is 10.0. The molecule has 0 amide bonds. The van der Waals surface area contributed by atoms with Gasteiger partial charge in [0.1, 0.15) is 22.0 Å². The SMILES string of the molecule is O=C(O)[C@@H]1CCCCN1S(=O)(=O)c1cccc2nsnc12. The summed E-state index contributed by atoms with van der Waals surface area (Å²) in [7, 11) is -3.90. The van der Waals surface area contributed by atoms with Gasteiger partial charge in [0.05, 0.1) is 11.7 Å². The fraction of sp³-hybridized carbons (Fsp3) is 0.417. The maximum absolute atomic E-state index is 12.8. The fourth-order valence-corrected chi connectivity index (χ4v) is 4.96. The molecule has 0 spiro atoms. The lowest BCUT2D eigenvalue weighted by Gasteiger charge is -2.31. The molecule has 1 fully saturated rings. The van der Waals surface area contributed by atoms with Crippen LogP contribution in [0.15, 0.2) is 23.1 Å². The predicted molar refractivity (Wildman–Crippen MR) is 76.6 cm³/mol. The Labute approximate surface area is 125 Å². The van der Waals surface area contributed by atoms with Gasteiger partial charge in [0.2, 0.25) is 10.0 Å². The molecule has 2 heterocycles. The Morgan fingerprint density at radius 2 is 2.14 bits per heavy atom. The van der Waals surface area contributed by atoms with Gasteiger partial charge in [0.15, 0.2) is 0 Å². The van der Waals surface area contributed by atoms with Crippen LogP contribution >= 0.6 is 11.7 Å². The second kappa shape index (κ2) is 5.32. The van der Waals surface area contributed by atoms with E-state index in [2.05, 4.69) is 8.75 Å². The number of carboxylic acid groups (broad SMARTS) is 1. The van der Waals surface area contributed by atoms with Crippen LogP contribution in [-0.2, 0) is 14.8 Å². The molecule has 0 unspecified atom stereocenters. The molecule has 112 valence electrons. The van der Waals surface area contributed by atoms with Gasteiger partial charge in [0.25, 0.3) is 0 Å². The average molecular weight is 327 g/mol. The van der Waals surface area contributed by atoms with E-state index in [9.17, 15) is 18.3 Å². The van der Waals surface area contributed by atoms with Crippen molar-refractivity contribution < 1.29 is 18.3 Å². The summed E-state index contributed by atoms with van der Waals surface area (Å²) in [5, 5.41) is 9.26. The lowest BCUT2D eigenvalue weighted by atomic mass is 10.1. The number of hydrogen-bond acceptors (Lipinski definition) is 6. The Morgan fingerprint density at radius 3 is 2.90 bits per heavy atom. The Kier molecular flexibility index (Phi) is 3.64. The quantitative estimate of drug-likeness (QED) is 0.912. The zero-order valence-corrected chi connectivity index (χ0v) is 12.6. The third-order valence-corrected chi connectivity index (χ3v) is 6.06. The summed E-state index contributed by atoms with van der Waals surface area (Å²) in [6.07, 6.45) is 1.71. The summed E-state index contributed by atoms with van der Waals surface area (Å²) in [5.41, 5.74) is 0.808. The lowest BCUT2D eigenvalue weighted by molar-refractivity contribution is -0.142. The number of carboxylic acids is 1. The molecule has 7 nitrogen and oxygen atoms in total. The molecule has 0 saturated carbocycles. The standard InChI is InChI=1S/C12H13N3O4S2/c16-12(17)9-5-1-2-7-15(9)21(18,19)10-6-3-4-8-11(10)14-20-13-8/h3-4,6,9H,1-2,5,7H2,(H,16,17)/t9-/m0/s1. The number of nitrogens with zero attached hydrogens (tertiary/aromatic N) is 3. The molecule has 1 aliphatic rings. The molecular weight excluding hydrogens is 314 g/mol. The molecule has 0 aliphatic carbocycles. The van der Waals surface area contributed by atoms with Crippen LogP contribution in [0.4, 0.5) is 0 Å². The monoisotopic (exact) mass is 327 g/mol. The molecule has 2 aromatic rings. The van der Waals surface area contributed by atoms with Gasteiger partial charge in [-0.3, -0.25) is 4.79 Å². The summed E-state index contributed by atoms with van der Waals surface area (Å²) in [6, 6.07) is 3.72. The Morgan fingerprint density at radius 1 is 1.33 bits per heavy atom. The third-order valence-electron chi connectivity index (χ3n) is 3.57. The first-order valence-corrected chi connectivity index (χ1v) is 8.65. The maximum atomic E-state index is 12.8. The second-order valence-electron chi connectivity index (χ2n) is 4.85. The van der Waals surface area contributed by atoms with E-state index in [0.717, 1.165) is 16.0 Å². The van der Waals surface area contributed by atoms with E-state index >= 15 is 0 Å². The van der Waals surface area contributed by atoms with E-state index in [1.54, 1.807) is 12.1 Å². The first kappa shape index (κ1) is 14.4. The van der Waals surface area contributed by atoms with Crippen LogP contribution < -0.4 is 0 Å². The van der Waals surface area contributed by atoms with Gasteiger partial charge in [-0.1, -0.05) is 6.07 Å². The number of carbonyl (C=O) groups is 1. The minimum atomic E-state index is -3.90. The van der Waals surface area contributed by atoms with Crippen molar-refractivity contribution >= 4 is 38.8 Å². The molecule has 21 heavy (non-hydrogen) atoms. The van der Waals surface area contributed by atoms with Crippen LogP contribution in [0, 0.1) is 0 Å². The van der Waals surface area contributed by atoms with Gasteiger partial charge in [0, 0.05) is 6.54 Å². The average Bonchev–Trinajstić information content (AvgIpc) is 2.95. The highest BCUT2D eigenvalue weighted by molar-refractivity contribution is 7.89. The summed E-state index contributed by atoms with van der Waals surface area (Å²) in [6.45, 7) is 0.216. The van der Waals surface area contributed by atoms with Crippen LogP contribution in [0.3, 0.4) is 0 Å². The number of aliphatic carboxylic acids is 1. The largest absolute Gasteiger partial charge is 0.480 e. The van der Waals surface area contributed by atoms with Crippen molar-refractivity contribution in [2.45, 2.75) is 30.2 Å². The van der Waals surface area contributed by atoms with Crippen LogP contribution in [0.2, 0.25) is 0 Å². The van der Waals surface area contributed by atoms with Gasteiger partial charge in [-0.25, -0.2) is 8.42 Å². The lowest BCUT2D eigenvalue weighted by Crippen LogP contribution is -2.47. The smallest absolute Gasteiger partial charge is 0.322 e. The Balaban J connectivity index is 2.11. The van der Waals surface area contributed by atoms with Gasteiger partial charge >= 0.3 is 5.97 Å². The van der Waals surface area contributed by atoms with Crippen molar-refractivity contribution in [2.24, 2.45) is 0 Å². The number of hydrogen-bond donors (Lipinski definition) is 1. The summed E-state index contributed by atoms with van der Waals surface area (Å²) < 4.78 is 34.8. The highest BCUT2D eigenvalue weighted by Crippen LogP contribution is 2.29. The summed E-state index contributed by atoms with van der Waals surface area (Å²) in [5.74, 6) is -1.11. The van der Waals surface area contributed by atoms with Crippen LogP contribution in [0.1, 0.15) is 19.3 Å². The Hall–Kier alpha value is -1.58. The molecule has 1 aliphatic heterocycles. The molecule has 0 bridgehead atoms. The van der Waals surface area contributed by atoms with Crippen molar-refractivity contribution in [3.63, 3.8) is 0 Å². The third kappa shape index (κ3) is 2.41. The number of rotatable bonds is 3. The number of fused-ring (bicyclic) bond motifs is 1. The molecule has 1 saturated heterocycles. The number of benzene rings is 1. The van der Waals surface area contributed by atoms with Crippen LogP contribution in [-0.4, -0.2) is 45.1 Å². The van der Waals surface area contributed by atoms with Gasteiger partial charge in [-0.15, -0.1) is 0 Å². The predicted octanol–water partition coefficient (Wildman–Crippen LogP) is 1.32. The van der Waals surface area contributed by atoms with Crippen molar-refractivity contribution in [1.82, 2.24) is 13.1 Å². The maximum Gasteiger partial charge on any atom is 0.322 e. The van der Waals surface area contributed by atoms with E-state index in [4.69, 9.17) is 0 Å². The van der Waals surface area contributed by atoms with E-state index in [1.165, 1.54) is 6.07 Å². The number of sulfonamides is 1. The fourth-order valence-electron chi connectivity index (χ4n) is 2.56. The molecule has 1 aromatic heterocycles. The molecule has 3 rings (SSSR count). The topological polar surface area (TPSA) is 100 Å².